The van der Waals surface area contributed by atoms with Gasteiger partial charge in [-0.25, -0.2) is 0 Å². The Morgan fingerprint density at radius 2 is 1.74 bits per heavy atom. The van der Waals surface area contributed by atoms with Gasteiger partial charge in [0.05, 0.1) is 33.9 Å². The average Bonchev–Trinajstić information content (AvgIpc) is 3.55. The quantitative estimate of drug-likeness (QED) is 0.128. The Labute approximate surface area is 264 Å². The van der Waals surface area contributed by atoms with Gasteiger partial charge in [0.1, 0.15) is 22.5 Å². The number of esters is 1. The van der Waals surface area contributed by atoms with E-state index in [1.54, 1.807) is 48.5 Å². The number of aromatic hydroxyl groups is 3. The summed E-state index contributed by atoms with van der Waals surface area (Å²) in [6.45, 7) is 0.890. The smallest absolute Gasteiger partial charge is 0.306 e. The second-order valence-electron chi connectivity index (χ2n) is 10.9. The van der Waals surface area contributed by atoms with Crippen LogP contribution in [0.5, 0.6) is 34.5 Å². The Kier molecular flexibility index (Phi) is 8.43. The Bertz CT molecular complexity index is 1980. The lowest BCUT2D eigenvalue weighted by atomic mass is 9.85. The highest BCUT2D eigenvalue weighted by Crippen LogP contribution is 2.51. The van der Waals surface area contributed by atoms with Crippen molar-refractivity contribution in [2.24, 2.45) is 0 Å². The lowest BCUT2D eigenvalue weighted by molar-refractivity contribution is -0.140. The van der Waals surface area contributed by atoms with Gasteiger partial charge in [0.25, 0.3) is 0 Å². The summed E-state index contributed by atoms with van der Waals surface area (Å²) in [6.07, 6.45) is 1.04. The molecule has 0 aliphatic carbocycles. The van der Waals surface area contributed by atoms with Crippen LogP contribution in [0.2, 0.25) is 0 Å². The number of ether oxygens (including phenoxy) is 4. The molecule has 4 aromatic carbocycles. The molecular weight excluding hydrogens is 592 g/mol. The van der Waals surface area contributed by atoms with Crippen LogP contribution in [0.4, 0.5) is 0 Å². The second-order valence-corrected chi connectivity index (χ2v) is 10.9. The molecule has 1 unspecified atom stereocenters. The molecule has 0 amide bonds. The summed E-state index contributed by atoms with van der Waals surface area (Å²) in [7, 11) is 2.70. The molecule has 5 aromatic rings. The van der Waals surface area contributed by atoms with Gasteiger partial charge < -0.3 is 38.7 Å². The molecule has 1 aliphatic heterocycles. The maximum Gasteiger partial charge on any atom is 0.306 e. The molecular formula is C36H32O10. The van der Waals surface area contributed by atoms with Crippen LogP contribution in [-0.2, 0) is 22.4 Å². The molecule has 1 atom stereocenters. The number of carbonyl (C=O) groups is 1. The first-order valence-corrected chi connectivity index (χ1v) is 14.7. The Hall–Kier alpha value is -5.64. The molecule has 10 heteroatoms. The summed E-state index contributed by atoms with van der Waals surface area (Å²) in [5, 5.41) is 32.6. The van der Waals surface area contributed by atoms with Crippen LogP contribution < -0.4 is 19.6 Å². The Morgan fingerprint density at radius 3 is 2.50 bits per heavy atom. The standard InChI is InChI=1S/C36H32O10/c1-42-27-10-6-9-23(35(27)45-15-13-20-11-12-26-22(17-20)14-16-44-26)24(18-29(38)43-2)30-32(39)34(41)33(40)31-25(37)19-28(46-36(30)31)21-7-4-3-5-8-21/h3-12,17,19,24,39-41H,13-16,18H2,1-2H3. The molecule has 0 spiro atoms. The molecule has 0 saturated heterocycles. The molecule has 10 nitrogen and oxygen atoms in total. The van der Waals surface area contributed by atoms with E-state index in [9.17, 15) is 24.9 Å². The van der Waals surface area contributed by atoms with E-state index in [2.05, 4.69) is 6.07 Å². The van der Waals surface area contributed by atoms with Crippen LogP contribution in [0.25, 0.3) is 22.3 Å². The van der Waals surface area contributed by atoms with E-state index in [1.165, 1.54) is 20.3 Å². The third-order valence-corrected chi connectivity index (χ3v) is 8.13. The molecule has 1 aromatic heterocycles. The van der Waals surface area contributed by atoms with E-state index in [0.29, 0.717) is 29.9 Å². The third kappa shape index (κ3) is 5.65. The number of hydrogen-bond acceptors (Lipinski definition) is 10. The van der Waals surface area contributed by atoms with Crippen LogP contribution in [-0.4, -0.2) is 48.7 Å². The molecule has 46 heavy (non-hydrogen) atoms. The normalized spacial score (nSPS) is 12.7. The minimum atomic E-state index is -1.09. The lowest BCUT2D eigenvalue weighted by Gasteiger charge is -2.24. The first kappa shape index (κ1) is 30.4. The predicted molar refractivity (Wildman–Crippen MR) is 169 cm³/mol. The number of para-hydroxylation sites is 1. The second kappa shape index (κ2) is 12.8. The monoisotopic (exact) mass is 624 g/mol. The van der Waals surface area contributed by atoms with Crippen molar-refractivity contribution >= 4 is 16.9 Å². The van der Waals surface area contributed by atoms with Crippen molar-refractivity contribution in [3.63, 3.8) is 0 Å². The van der Waals surface area contributed by atoms with Crippen molar-refractivity contribution in [1.29, 1.82) is 0 Å². The van der Waals surface area contributed by atoms with E-state index in [4.69, 9.17) is 23.4 Å². The Balaban J connectivity index is 1.50. The minimum Gasteiger partial charge on any atom is -0.504 e. The molecule has 1 aliphatic rings. The number of carbonyl (C=O) groups excluding carboxylic acids is 1. The van der Waals surface area contributed by atoms with Gasteiger partial charge >= 0.3 is 5.97 Å². The van der Waals surface area contributed by atoms with E-state index in [-0.39, 0.29) is 41.1 Å². The van der Waals surface area contributed by atoms with Gasteiger partial charge in [0.2, 0.25) is 5.75 Å². The van der Waals surface area contributed by atoms with Gasteiger partial charge in [-0.1, -0.05) is 54.6 Å². The van der Waals surface area contributed by atoms with Gasteiger partial charge in [-0.2, -0.15) is 0 Å². The Morgan fingerprint density at radius 1 is 0.935 bits per heavy atom. The summed E-state index contributed by atoms with van der Waals surface area (Å²) in [5.74, 6) is -2.60. The maximum atomic E-state index is 13.4. The fraction of sp³-hybridized carbons (Fsp3) is 0.222. The zero-order chi connectivity index (χ0) is 32.4. The van der Waals surface area contributed by atoms with Crippen LogP contribution in [0.1, 0.15) is 34.6 Å². The number of phenols is 3. The highest BCUT2D eigenvalue weighted by atomic mass is 16.5. The number of fused-ring (bicyclic) bond motifs is 2. The summed E-state index contributed by atoms with van der Waals surface area (Å²) in [6, 6.07) is 21.1. The van der Waals surface area contributed by atoms with E-state index in [0.717, 1.165) is 23.3 Å². The fourth-order valence-corrected chi connectivity index (χ4v) is 5.85. The van der Waals surface area contributed by atoms with E-state index < -0.39 is 34.6 Å². The van der Waals surface area contributed by atoms with E-state index >= 15 is 0 Å². The maximum absolute atomic E-state index is 13.4. The zero-order valence-electron chi connectivity index (χ0n) is 25.2. The number of methoxy groups -OCH3 is 2. The zero-order valence-corrected chi connectivity index (χ0v) is 25.2. The van der Waals surface area contributed by atoms with Crippen LogP contribution in [0.3, 0.4) is 0 Å². The SMILES string of the molecule is COC(=O)CC(c1cccc(OC)c1OCCc1ccc2c(c1)CCO2)c1c(O)c(O)c(O)c2c(=O)cc(-c3ccccc3)oc12. The molecule has 2 heterocycles. The largest absolute Gasteiger partial charge is 0.504 e. The van der Waals surface area contributed by atoms with Crippen molar-refractivity contribution in [3.05, 3.63) is 105 Å². The highest BCUT2D eigenvalue weighted by Gasteiger charge is 2.33. The van der Waals surface area contributed by atoms with Gasteiger partial charge in [0.15, 0.2) is 28.4 Å². The van der Waals surface area contributed by atoms with Crippen molar-refractivity contribution in [2.75, 3.05) is 27.4 Å². The van der Waals surface area contributed by atoms with Crippen molar-refractivity contribution in [1.82, 2.24) is 0 Å². The first-order chi connectivity index (χ1) is 22.3. The molecule has 6 rings (SSSR count). The molecule has 236 valence electrons. The molecule has 0 saturated carbocycles. The minimum absolute atomic E-state index is 0.109. The number of rotatable bonds is 10. The number of phenolic OH excluding ortho intramolecular Hbond substituents is 3. The summed E-state index contributed by atoms with van der Waals surface area (Å²) in [4.78, 5) is 26.3. The summed E-state index contributed by atoms with van der Waals surface area (Å²) >= 11 is 0. The van der Waals surface area contributed by atoms with Crippen molar-refractivity contribution in [2.45, 2.75) is 25.2 Å². The first-order valence-electron chi connectivity index (χ1n) is 14.7. The predicted octanol–water partition coefficient (Wildman–Crippen LogP) is 5.84. The summed E-state index contributed by atoms with van der Waals surface area (Å²) < 4.78 is 28.8. The van der Waals surface area contributed by atoms with Crippen molar-refractivity contribution in [3.8, 4) is 45.8 Å². The van der Waals surface area contributed by atoms with E-state index in [1.807, 2.05) is 12.1 Å². The number of hydrogen-bond donors (Lipinski definition) is 3. The number of benzene rings is 4. The van der Waals surface area contributed by atoms with Crippen molar-refractivity contribution < 1.29 is 43.5 Å². The molecule has 0 bridgehead atoms. The highest BCUT2D eigenvalue weighted by molar-refractivity contribution is 5.94. The van der Waals surface area contributed by atoms with Gasteiger partial charge in [-0.05, 0) is 23.3 Å². The van der Waals surface area contributed by atoms with Crippen LogP contribution in [0.15, 0.2) is 82.0 Å². The molecule has 0 fully saturated rings. The van der Waals surface area contributed by atoms with Crippen LogP contribution in [0, 0.1) is 0 Å². The topological polar surface area (TPSA) is 145 Å². The van der Waals surface area contributed by atoms with Gasteiger partial charge in [0, 0.05) is 41.5 Å². The van der Waals surface area contributed by atoms with Gasteiger partial charge in [-0.3, -0.25) is 9.59 Å². The lowest BCUT2D eigenvalue weighted by Crippen LogP contribution is -2.14. The third-order valence-electron chi connectivity index (χ3n) is 8.13. The molecule has 0 radical (unpaired) electrons. The average molecular weight is 625 g/mol. The fourth-order valence-electron chi connectivity index (χ4n) is 5.85. The molecule has 3 N–H and O–H groups in total. The summed E-state index contributed by atoms with van der Waals surface area (Å²) in [5.41, 5.74) is 2.17. The van der Waals surface area contributed by atoms with Gasteiger partial charge in [-0.15, -0.1) is 0 Å². The van der Waals surface area contributed by atoms with Crippen LogP contribution >= 0.6 is 0 Å².